The fraction of sp³-hybridized carbons (Fsp3) is 0.190. The topological polar surface area (TPSA) is 76.2 Å². The minimum Gasteiger partial charge on any atom is -0.462 e. The Labute approximate surface area is 155 Å². The molecule has 0 saturated carbocycles. The molecule has 0 saturated heterocycles. The molecule has 6 heteroatoms. The van der Waals surface area contributed by atoms with E-state index in [9.17, 15) is 10.1 Å². The number of nitrogens with zero attached hydrogens (tertiary/aromatic N) is 4. The standard InChI is InChI=1S/C21H18N4O2/c1-13(2)18-19(17-9-15(12-27-17)14-7-5-4-6-8-14)24(3)20-16(10-22)11-23-25(20)21(18)26/h4-9,11-13H,1-3H3. The summed E-state index contributed by atoms with van der Waals surface area (Å²) < 4.78 is 8.96. The van der Waals surface area contributed by atoms with Crippen molar-refractivity contribution in [3.8, 4) is 28.7 Å². The van der Waals surface area contributed by atoms with Gasteiger partial charge >= 0.3 is 0 Å². The second-order valence-corrected chi connectivity index (χ2v) is 6.75. The van der Waals surface area contributed by atoms with Crippen LogP contribution in [0.4, 0.5) is 0 Å². The van der Waals surface area contributed by atoms with Crippen LogP contribution in [0.1, 0.15) is 30.9 Å². The van der Waals surface area contributed by atoms with Crippen molar-refractivity contribution in [1.82, 2.24) is 14.2 Å². The molecule has 0 atom stereocenters. The van der Waals surface area contributed by atoms with Gasteiger partial charge in [0.15, 0.2) is 11.4 Å². The molecule has 4 aromatic rings. The summed E-state index contributed by atoms with van der Waals surface area (Å²) in [7, 11) is 1.82. The zero-order valence-electron chi connectivity index (χ0n) is 15.3. The Kier molecular flexibility index (Phi) is 3.93. The summed E-state index contributed by atoms with van der Waals surface area (Å²) in [6.45, 7) is 3.92. The lowest BCUT2D eigenvalue weighted by atomic mass is 10.00. The molecule has 4 rings (SSSR count). The molecule has 0 bridgehead atoms. The summed E-state index contributed by atoms with van der Waals surface area (Å²) in [6, 6.07) is 13.9. The molecule has 3 heterocycles. The van der Waals surface area contributed by atoms with E-state index in [1.807, 2.05) is 61.9 Å². The molecule has 0 aliphatic carbocycles. The van der Waals surface area contributed by atoms with E-state index < -0.39 is 0 Å². The van der Waals surface area contributed by atoms with Gasteiger partial charge in [0.25, 0.3) is 5.56 Å². The van der Waals surface area contributed by atoms with Gasteiger partial charge in [-0.3, -0.25) is 4.79 Å². The molecule has 27 heavy (non-hydrogen) atoms. The van der Waals surface area contributed by atoms with Crippen molar-refractivity contribution < 1.29 is 4.42 Å². The molecule has 1 aromatic carbocycles. The SMILES string of the molecule is CC(C)c1c(-c2cc(-c3ccccc3)co2)n(C)c2c(C#N)cnn2c1=O. The predicted molar refractivity (Wildman–Crippen MR) is 102 cm³/mol. The number of hydrogen-bond acceptors (Lipinski definition) is 4. The van der Waals surface area contributed by atoms with Gasteiger partial charge in [-0.25, -0.2) is 0 Å². The van der Waals surface area contributed by atoms with Crippen LogP contribution in [0.5, 0.6) is 0 Å². The minimum absolute atomic E-state index is 0.0388. The van der Waals surface area contributed by atoms with E-state index in [4.69, 9.17) is 4.42 Å². The quantitative estimate of drug-likeness (QED) is 0.555. The lowest BCUT2D eigenvalue weighted by molar-refractivity contribution is 0.573. The molecule has 6 nitrogen and oxygen atoms in total. The minimum atomic E-state index is -0.229. The van der Waals surface area contributed by atoms with Gasteiger partial charge in [0.1, 0.15) is 11.6 Å². The monoisotopic (exact) mass is 358 g/mol. The molecule has 0 unspecified atom stereocenters. The van der Waals surface area contributed by atoms with Gasteiger partial charge in [0.2, 0.25) is 0 Å². The van der Waals surface area contributed by atoms with Crippen molar-refractivity contribution in [3.63, 3.8) is 0 Å². The third-order valence-electron chi connectivity index (χ3n) is 4.71. The third-order valence-corrected chi connectivity index (χ3v) is 4.71. The first kappa shape index (κ1) is 16.9. The van der Waals surface area contributed by atoms with Gasteiger partial charge in [-0.05, 0) is 17.5 Å². The molecular formula is C21H18N4O2. The van der Waals surface area contributed by atoms with Crippen LogP contribution in [0.25, 0.3) is 28.2 Å². The molecule has 0 fully saturated rings. The van der Waals surface area contributed by atoms with Crippen LogP contribution in [-0.2, 0) is 7.05 Å². The highest BCUT2D eigenvalue weighted by Gasteiger charge is 2.24. The fourth-order valence-corrected chi connectivity index (χ4v) is 3.45. The van der Waals surface area contributed by atoms with E-state index in [1.165, 1.54) is 10.7 Å². The number of furan rings is 1. The summed E-state index contributed by atoms with van der Waals surface area (Å²) in [5.74, 6) is 0.549. The van der Waals surface area contributed by atoms with Crippen LogP contribution in [0.3, 0.4) is 0 Å². The van der Waals surface area contributed by atoms with Gasteiger partial charge in [-0.1, -0.05) is 44.2 Å². The Balaban J connectivity index is 2.03. The van der Waals surface area contributed by atoms with Crippen molar-refractivity contribution in [2.45, 2.75) is 19.8 Å². The lowest BCUT2D eigenvalue weighted by Crippen LogP contribution is -2.25. The molecule has 0 spiro atoms. The normalized spacial score (nSPS) is 11.2. The fourth-order valence-electron chi connectivity index (χ4n) is 3.45. The molecule has 0 aliphatic rings. The number of aromatic nitrogens is 3. The van der Waals surface area contributed by atoms with Crippen LogP contribution in [0.15, 0.2) is 58.1 Å². The van der Waals surface area contributed by atoms with Crippen LogP contribution >= 0.6 is 0 Å². The van der Waals surface area contributed by atoms with Crippen LogP contribution < -0.4 is 5.56 Å². The van der Waals surface area contributed by atoms with Gasteiger partial charge < -0.3 is 8.98 Å². The highest BCUT2D eigenvalue weighted by atomic mass is 16.3. The van der Waals surface area contributed by atoms with E-state index in [-0.39, 0.29) is 11.5 Å². The van der Waals surface area contributed by atoms with E-state index in [0.29, 0.717) is 28.2 Å². The number of aryl methyl sites for hydroxylation is 1. The number of rotatable bonds is 3. The van der Waals surface area contributed by atoms with Gasteiger partial charge in [0, 0.05) is 18.2 Å². The first-order valence-corrected chi connectivity index (χ1v) is 8.68. The van der Waals surface area contributed by atoms with E-state index in [2.05, 4.69) is 11.2 Å². The molecular weight excluding hydrogens is 340 g/mol. The van der Waals surface area contributed by atoms with Crippen molar-refractivity contribution in [3.05, 3.63) is 70.3 Å². The predicted octanol–water partition coefficient (Wildman–Crippen LogP) is 3.96. The Morgan fingerprint density at radius 3 is 2.59 bits per heavy atom. The molecule has 3 aromatic heterocycles. The highest BCUT2D eigenvalue weighted by Crippen LogP contribution is 2.32. The Morgan fingerprint density at radius 1 is 1.19 bits per heavy atom. The maximum atomic E-state index is 13.1. The molecule has 134 valence electrons. The smallest absolute Gasteiger partial charge is 0.278 e. The summed E-state index contributed by atoms with van der Waals surface area (Å²) in [6.07, 6.45) is 3.10. The lowest BCUT2D eigenvalue weighted by Gasteiger charge is -2.16. The first-order chi connectivity index (χ1) is 13.0. The second kappa shape index (κ2) is 6.29. The zero-order valence-corrected chi connectivity index (χ0v) is 15.3. The molecule has 0 N–H and O–H groups in total. The van der Waals surface area contributed by atoms with Crippen LogP contribution in [0, 0.1) is 11.3 Å². The van der Waals surface area contributed by atoms with Gasteiger partial charge in [-0.15, -0.1) is 0 Å². The molecule has 0 amide bonds. The van der Waals surface area contributed by atoms with Crippen LogP contribution in [-0.4, -0.2) is 14.2 Å². The zero-order chi connectivity index (χ0) is 19.1. The number of hydrogen-bond donors (Lipinski definition) is 0. The summed E-state index contributed by atoms with van der Waals surface area (Å²) in [4.78, 5) is 13.1. The highest BCUT2D eigenvalue weighted by molar-refractivity contribution is 5.72. The van der Waals surface area contributed by atoms with Crippen LogP contribution in [0.2, 0.25) is 0 Å². The Hall–Kier alpha value is -3.59. The van der Waals surface area contributed by atoms with Gasteiger partial charge in [-0.2, -0.15) is 14.9 Å². The van der Waals surface area contributed by atoms with Crippen molar-refractivity contribution >= 4 is 5.65 Å². The largest absolute Gasteiger partial charge is 0.462 e. The molecule has 0 aliphatic heterocycles. The summed E-state index contributed by atoms with van der Waals surface area (Å²) in [5, 5.41) is 13.5. The van der Waals surface area contributed by atoms with Crippen molar-refractivity contribution in [2.24, 2.45) is 7.05 Å². The summed E-state index contributed by atoms with van der Waals surface area (Å²) in [5.41, 5.74) is 3.81. The third kappa shape index (κ3) is 2.56. The Bertz CT molecular complexity index is 1240. The summed E-state index contributed by atoms with van der Waals surface area (Å²) >= 11 is 0. The number of fused-ring (bicyclic) bond motifs is 1. The second-order valence-electron chi connectivity index (χ2n) is 6.75. The average molecular weight is 358 g/mol. The van der Waals surface area contributed by atoms with Crippen molar-refractivity contribution in [2.75, 3.05) is 0 Å². The first-order valence-electron chi connectivity index (χ1n) is 8.68. The maximum absolute atomic E-state index is 13.1. The van der Waals surface area contributed by atoms with Gasteiger partial charge in [0.05, 0.1) is 18.2 Å². The maximum Gasteiger partial charge on any atom is 0.278 e. The van der Waals surface area contributed by atoms with Crippen molar-refractivity contribution in [1.29, 1.82) is 5.26 Å². The molecule has 0 radical (unpaired) electrons. The van der Waals surface area contributed by atoms with E-state index in [0.717, 1.165) is 11.1 Å². The van der Waals surface area contributed by atoms with E-state index >= 15 is 0 Å². The number of nitriles is 1. The Morgan fingerprint density at radius 2 is 1.93 bits per heavy atom. The average Bonchev–Trinajstić information content (AvgIpc) is 3.32. The number of benzene rings is 1. The van der Waals surface area contributed by atoms with E-state index in [1.54, 1.807) is 6.26 Å².